The summed E-state index contributed by atoms with van der Waals surface area (Å²) in [6.07, 6.45) is 1.48. The molecule has 0 fully saturated rings. The van der Waals surface area contributed by atoms with Gasteiger partial charge >= 0.3 is 5.97 Å². The third kappa shape index (κ3) is 11.7. The van der Waals surface area contributed by atoms with Gasteiger partial charge in [0.2, 0.25) is 10.2 Å². The van der Waals surface area contributed by atoms with E-state index in [9.17, 15) is 18.0 Å². The van der Waals surface area contributed by atoms with Crippen LogP contribution in [0.1, 0.15) is 20.3 Å². The highest BCUT2D eigenvalue weighted by Crippen LogP contribution is 2.28. The largest absolute Gasteiger partial charge is 0.487 e. The second kappa shape index (κ2) is 14.5. The number of aromatic nitrogens is 1. The van der Waals surface area contributed by atoms with Gasteiger partial charge < -0.3 is 26.3 Å². The van der Waals surface area contributed by atoms with Gasteiger partial charge in [0.1, 0.15) is 18.9 Å². The first kappa shape index (κ1) is 29.4. The number of nitrogens with two attached hydrogens (primary N) is 4. The van der Waals surface area contributed by atoms with Crippen LogP contribution in [0.25, 0.3) is 10.2 Å². The SMILES string of the molecule is CC.NC(=O)CN(N)/C=C(\N)COc1ccc2nc(S(N)(=O)=O)sc2c1.O=C(O)CCS. The highest BCUT2D eigenvalue weighted by Gasteiger charge is 2.14. The Morgan fingerprint density at radius 3 is 2.41 bits per heavy atom. The van der Waals surface area contributed by atoms with Gasteiger partial charge in [0.05, 0.1) is 22.3 Å². The molecule has 0 spiro atoms. The lowest BCUT2D eigenvalue weighted by molar-refractivity contribution is -0.136. The van der Waals surface area contributed by atoms with Crippen molar-refractivity contribution in [1.29, 1.82) is 0 Å². The van der Waals surface area contributed by atoms with Crippen molar-refractivity contribution in [2.75, 3.05) is 18.9 Å². The highest BCUT2D eigenvalue weighted by atomic mass is 32.2. The number of rotatable bonds is 9. The number of carbonyl (C=O) groups is 2. The fourth-order valence-corrected chi connectivity index (χ4v) is 3.71. The van der Waals surface area contributed by atoms with E-state index in [0.29, 0.717) is 21.7 Å². The molecular weight excluding hydrogens is 480 g/mol. The number of sulfonamides is 1. The summed E-state index contributed by atoms with van der Waals surface area (Å²) >= 11 is 4.62. The van der Waals surface area contributed by atoms with Gasteiger partial charge in [-0.05, 0) is 18.2 Å². The average molecular weight is 509 g/mol. The Hall–Kier alpha value is -2.59. The van der Waals surface area contributed by atoms with Gasteiger partial charge in [0.25, 0.3) is 10.0 Å². The number of amides is 1. The first-order chi connectivity index (χ1) is 14.9. The van der Waals surface area contributed by atoms with Crippen molar-refractivity contribution >= 4 is 56.1 Å². The quantitative estimate of drug-likeness (QED) is 0.153. The Bertz CT molecular complexity index is 1020. The second-order valence-corrected chi connectivity index (χ2v) is 8.87. The lowest BCUT2D eigenvalue weighted by Crippen LogP contribution is -2.35. The Kier molecular flexibility index (Phi) is 13.3. The van der Waals surface area contributed by atoms with Gasteiger partial charge in [-0.1, -0.05) is 13.8 Å². The lowest BCUT2D eigenvalue weighted by atomic mass is 10.3. The van der Waals surface area contributed by atoms with Gasteiger partial charge in [-0.2, -0.15) is 12.6 Å². The number of hydrogen-bond donors (Lipinski definition) is 6. The minimum Gasteiger partial charge on any atom is -0.487 e. The van der Waals surface area contributed by atoms with Crippen molar-refractivity contribution in [2.24, 2.45) is 22.4 Å². The number of carboxylic acid groups (broad SMARTS) is 1. The van der Waals surface area contributed by atoms with Crippen molar-refractivity contribution in [3.05, 3.63) is 30.1 Å². The van der Waals surface area contributed by atoms with Crippen LogP contribution in [0.5, 0.6) is 5.75 Å². The molecule has 0 unspecified atom stereocenters. The number of carbonyl (C=O) groups excluding carboxylic acids is 1. The van der Waals surface area contributed by atoms with E-state index in [-0.39, 0.29) is 29.6 Å². The van der Waals surface area contributed by atoms with Gasteiger partial charge in [0, 0.05) is 12.0 Å². The molecule has 1 heterocycles. The van der Waals surface area contributed by atoms with E-state index in [0.717, 1.165) is 16.3 Å². The molecule has 12 nitrogen and oxygen atoms in total. The number of thiazole rings is 1. The molecule has 15 heteroatoms. The maximum atomic E-state index is 11.3. The number of nitrogens with zero attached hydrogens (tertiary/aromatic N) is 2. The number of hydrazine groups is 1. The highest BCUT2D eigenvalue weighted by molar-refractivity contribution is 7.91. The number of ether oxygens (including phenoxy) is 1. The lowest BCUT2D eigenvalue weighted by Gasteiger charge is -2.13. The van der Waals surface area contributed by atoms with Crippen LogP contribution in [-0.2, 0) is 19.6 Å². The molecule has 2 aromatic rings. The first-order valence-corrected chi connectivity index (χ1v) is 12.1. The fraction of sp³-hybridized carbons (Fsp3) is 0.353. The summed E-state index contributed by atoms with van der Waals surface area (Å²) < 4.78 is 28.5. The van der Waals surface area contributed by atoms with Crippen LogP contribution >= 0.6 is 24.0 Å². The number of hydrogen-bond acceptors (Lipinski definition) is 11. The molecule has 2 rings (SSSR count). The maximum absolute atomic E-state index is 11.3. The summed E-state index contributed by atoms with van der Waals surface area (Å²) in [6, 6.07) is 4.85. The number of aliphatic carboxylic acids is 1. The molecule has 1 amide bonds. The van der Waals surface area contributed by atoms with Crippen molar-refractivity contribution in [3.63, 3.8) is 0 Å². The molecule has 0 aliphatic heterocycles. The van der Waals surface area contributed by atoms with E-state index in [1.54, 1.807) is 18.2 Å². The number of thiol groups is 1. The Balaban J connectivity index is 0.00000104. The van der Waals surface area contributed by atoms with Gasteiger partial charge in [0.15, 0.2) is 0 Å². The molecule has 32 heavy (non-hydrogen) atoms. The molecule has 0 bridgehead atoms. The van der Waals surface area contributed by atoms with Crippen LogP contribution in [0.2, 0.25) is 0 Å². The summed E-state index contributed by atoms with van der Waals surface area (Å²) in [5.74, 6) is 5.01. The Labute approximate surface area is 195 Å². The molecule has 0 saturated carbocycles. The molecular formula is C17H28N6O6S3. The minimum absolute atomic E-state index is 0.0127. The molecule has 0 atom stereocenters. The summed E-state index contributed by atoms with van der Waals surface area (Å²) in [5, 5.41) is 14.0. The molecule has 0 aliphatic rings. The van der Waals surface area contributed by atoms with Crippen molar-refractivity contribution in [3.8, 4) is 5.75 Å². The van der Waals surface area contributed by atoms with E-state index >= 15 is 0 Å². The number of primary amides is 1. The normalized spacial score (nSPS) is 11.0. The standard InChI is InChI=1S/C12H16N6O4S2.C3H6O2S.C2H6/c13-7(4-18(15)5-11(14)19)6-22-8-1-2-9-10(3-8)23-12(17-9)24(16,20)21;4-3(5)1-2-6;1-2/h1-4H,5-6,13,15H2,(H2,14,19)(H2,16,20,21);6H,1-2H2,(H,4,5);1-2H3/b7-4-;;. The average Bonchev–Trinajstić information content (AvgIpc) is 3.11. The zero-order chi connectivity index (χ0) is 24.9. The van der Waals surface area contributed by atoms with Crippen molar-refractivity contribution < 1.29 is 27.9 Å². The minimum atomic E-state index is -3.85. The Morgan fingerprint density at radius 2 is 1.94 bits per heavy atom. The van der Waals surface area contributed by atoms with Crippen LogP contribution in [0.4, 0.5) is 0 Å². The van der Waals surface area contributed by atoms with E-state index in [4.69, 9.17) is 32.3 Å². The number of carboxylic acids is 1. The number of benzene rings is 1. The fourth-order valence-electron chi connectivity index (χ4n) is 1.83. The molecule has 1 aromatic heterocycles. The summed E-state index contributed by atoms with van der Waals surface area (Å²) in [7, 11) is -3.85. The Morgan fingerprint density at radius 1 is 1.31 bits per heavy atom. The van der Waals surface area contributed by atoms with Crippen LogP contribution in [0, 0.1) is 0 Å². The molecule has 180 valence electrons. The van der Waals surface area contributed by atoms with Crippen molar-refractivity contribution in [2.45, 2.75) is 24.6 Å². The van der Waals surface area contributed by atoms with E-state index < -0.39 is 21.9 Å². The molecule has 0 saturated heterocycles. The molecule has 9 N–H and O–H groups in total. The van der Waals surface area contributed by atoms with Crippen LogP contribution < -0.4 is 27.2 Å². The third-order valence-electron chi connectivity index (χ3n) is 2.98. The van der Waals surface area contributed by atoms with Crippen LogP contribution in [0.3, 0.4) is 0 Å². The van der Waals surface area contributed by atoms with Gasteiger partial charge in [-0.25, -0.2) is 24.4 Å². The monoisotopic (exact) mass is 508 g/mol. The molecule has 1 aromatic carbocycles. The van der Waals surface area contributed by atoms with Crippen molar-refractivity contribution in [1.82, 2.24) is 9.99 Å². The predicted octanol–water partition coefficient (Wildman–Crippen LogP) is 0.201. The first-order valence-electron chi connectivity index (χ1n) is 9.07. The maximum Gasteiger partial charge on any atom is 0.304 e. The molecule has 0 radical (unpaired) electrons. The zero-order valence-electron chi connectivity index (χ0n) is 17.6. The van der Waals surface area contributed by atoms with E-state index in [1.807, 2.05) is 13.8 Å². The van der Waals surface area contributed by atoms with Crippen LogP contribution in [-0.4, -0.2) is 54.3 Å². The topological polar surface area (TPSA) is 218 Å². The number of fused-ring (bicyclic) bond motifs is 1. The van der Waals surface area contributed by atoms with E-state index in [1.165, 1.54) is 6.20 Å². The third-order valence-corrected chi connectivity index (χ3v) is 5.55. The molecule has 0 aliphatic carbocycles. The number of primary sulfonamides is 1. The second-order valence-electron chi connectivity index (χ2n) is 5.65. The van der Waals surface area contributed by atoms with Gasteiger partial charge in [-0.3, -0.25) is 9.59 Å². The summed E-state index contributed by atoms with van der Waals surface area (Å²) in [4.78, 5) is 24.2. The smallest absolute Gasteiger partial charge is 0.304 e. The summed E-state index contributed by atoms with van der Waals surface area (Å²) in [6.45, 7) is 3.84. The van der Waals surface area contributed by atoms with Crippen LogP contribution in [0.15, 0.2) is 34.4 Å². The predicted molar refractivity (Wildman–Crippen MR) is 126 cm³/mol. The summed E-state index contributed by atoms with van der Waals surface area (Å²) in [5.41, 5.74) is 11.5. The zero-order valence-corrected chi connectivity index (χ0v) is 20.1. The van der Waals surface area contributed by atoms with E-state index in [2.05, 4.69) is 17.6 Å². The van der Waals surface area contributed by atoms with Gasteiger partial charge in [-0.15, -0.1) is 11.3 Å².